The van der Waals surface area contributed by atoms with Crippen LogP contribution in [0.1, 0.15) is 11.1 Å². The number of amides is 2. The fourth-order valence-electron chi connectivity index (χ4n) is 2.40. The minimum absolute atomic E-state index is 0.289. The van der Waals surface area contributed by atoms with Gasteiger partial charge in [-0.25, -0.2) is 9.48 Å². The highest BCUT2D eigenvalue weighted by Crippen LogP contribution is 2.10. The number of nitrogens with zero attached hydrogens (tertiary/aromatic N) is 3. The van der Waals surface area contributed by atoms with Crippen molar-refractivity contribution in [3.63, 3.8) is 0 Å². The van der Waals surface area contributed by atoms with Crippen LogP contribution in [0.4, 0.5) is 10.5 Å². The largest absolute Gasteiger partial charge is 0.338 e. The maximum Gasteiger partial charge on any atom is 0.319 e. The summed E-state index contributed by atoms with van der Waals surface area (Å²) in [6, 6.07) is 18.5. The molecule has 0 aliphatic heterocycles. The first-order chi connectivity index (χ1) is 12.2. The van der Waals surface area contributed by atoms with Gasteiger partial charge in [-0.15, -0.1) is 0 Å². The molecule has 2 N–H and O–H groups in total. The van der Waals surface area contributed by atoms with Crippen LogP contribution in [-0.2, 0) is 6.42 Å². The molecule has 1 heterocycles. The summed E-state index contributed by atoms with van der Waals surface area (Å²) in [6.07, 6.45) is 4.36. The molecule has 3 rings (SSSR count). The Morgan fingerprint density at radius 2 is 2.00 bits per heavy atom. The first-order valence-electron chi connectivity index (χ1n) is 7.88. The predicted molar refractivity (Wildman–Crippen MR) is 95.4 cm³/mol. The van der Waals surface area contributed by atoms with Crippen LogP contribution in [0.15, 0.2) is 67.0 Å². The van der Waals surface area contributed by atoms with E-state index < -0.39 is 0 Å². The second-order valence-corrected chi connectivity index (χ2v) is 5.44. The molecular formula is C19H17N5O. The van der Waals surface area contributed by atoms with E-state index in [9.17, 15) is 4.79 Å². The molecule has 0 bridgehead atoms. The van der Waals surface area contributed by atoms with Gasteiger partial charge in [-0.05, 0) is 48.4 Å². The molecule has 0 fully saturated rings. The van der Waals surface area contributed by atoms with Crippen molar-refractivity contribution in [1.82, 2.24) is 15.1 Å². The van der Waals surface area contributed by atoms with Crippen LogP contribution < -0.4 is 10.6 Å². The van der Waals surface area contributed by atoms with Gasteiger partial charge in [0.1, 0.15) is 0 Å². The van der Waals surface area contributed by atoms with E-state index in [0.717, 1.165) is 17.7 Å². The zero-order valence-corrected chi connectivity index (χ0v) is 13.5. The zero-order chi connectivity index (χ0) is 17.5. The smallest absolute Gasteiger partial charge is 0.319 e. The van der Waals surface area contributed by atoms with Crippen molar-refractivity contribution in [1.29, 1.82) is 5.26 Å². The van der Waals surface area contributed by atoms with Gasteiger partial charge in [0.2, 0.25) is 0 Å². The van der Waals surface area contributed by atoms with Gasteiger partial charge in [0.15, 0.2) is 0 Å². The number of nitriles is 1. The standard InChI is InChI=1S/C19H17N5O/c20-14-16-3-1-4-17(13-16)23-19(25)21-11-9-15-5-7-18(8-6-15)24-12-2-10-22-24/h1-8,10,12-13H,9,11H2,(H2,21,23,25). The average molecular weight is 331 g/mol. The number of carbonyl (C=O) groups is 1. The highest BCUT2D eigenvalue weighted by Gasteiger charge is 2.03. The summed E-state index contributed by atoms with van der Waals surface area (Å²) in [6.45, 7) is 0.519. The van der Waals surface area contributed by atoms with Crippen molar-refractivity contribution in [2.45, 2.75) is 6.42 Å². The summed E-state index contributed by atoms with van der Waals surface area (Å²) in [7, 11) is 0. The van der Waals surface area contributed by atoms with Crippen molar-refractivity contribution < 1.29 is 4.79 Å². The minimum Gasteiger partial charge on any atom is -0.338 e. The van der Waals surface area contributed by atoms with Gasteiger partial charge < -0.3 is 10.6 Å². The number of hydrogen-bond acceptors (Lipinski definition) is 3. The number of benzene rings is 2. The van der Waals surface area contributed by atoms with Gasteiger partial charge in [0.05, 0.1) is 17.3 Å². The molecule has 124 valence electrons. The van der Waals surface area contributed by atoms with E-state index in [0.29, 0.717) is 17.8 Å². The maximum absolute atomic E-state index is 11.9. The van der Waals surface area contributed by atoms with Crippen LogP contribution in [0.3, 0.4) is 0 Å². The third kappa shape index (κ3) is 4.45. The molecule has 0 unspecified atom stereocenters. The lowest BCUT2D eigenvalue weighted by molar-refractivity contribution is 0.252. The molecule has 0 aliphatic carbocycles. The number of aromatic nitrogens is 2. The van der Waals surface area contributed by atoms with Crippen LogP contribution >= 0.6 is 0 Å². The van der Waals surface area contributed by atoms with E-state index >= 15 is 0 Å². The second-order valence-electron chi connectivity index (χ2n) is 5.44. The fourth-order valence-corrected chi connectivity index (χ4v) is 2.40. The maximum atomic E-state index is 11.9. The molecule has 6 heteroatoms. The first-order valence-corrected chi connectivity index (χ1v) is 7.88. The number of hydrogen-bond donors (Lipinski definition) is 2. The Balaban J connectivity index is 1.47. The number of anilines is 1. The first kappa shape index (κ1) is 16.3. The Kier molecular flexibility index (Phi) is 5.07. The molecule has 1 aromatic heterocycles. The molecule has 0 atom stereocenters. The van der Waals surface area contributed by atoms with Gasteiger partial charge in [-0.1, -0.05) is 18.2 Å². The Bertz CT molecular complexity index is 879. The predicted octanol–water partition coefficient (Wildman–Crippen LogP) is 3.11. The topological polar surface area (TPSA) is 82.7 Å². The normalized spacial score (nSPS) is 10.0. The van der Waals surface area contributed by atoms with E-state index in [1.165, 1.54) is 0 Å². The third-order valence-corrected chi connectivity index (χ3v) is 3.65. The second kappa shape index (κ2) is 7.79. The summed E-state index contributed by atoms with van der Waals surface area (Å²) in [5, 5.41) is 18.6. The highest BCUT2D eigenvalue weighted by molar-refractivity contribution is 5.89. The van der Waals surface area contributed by atoms with E-state index in [2.05, 4.69) is 15.7 Å². The molecule has 25 heavy (non-hydrogen) atoms. The van der Waals surface area contributed by atoms with Crippen LogP contribution in [0.2, 0.25) is 0 Å². The summed E-state index contributed by atoms with van der Waals surface area (Å²) in [4.78, 5) is 11.9. The Morgan fingerprint density at radius 1 is 1.16 bits per heavy atom. The van der Waals surface area contributed by atoms with E-state index in [4.69, 9.17) is 5.26 Å². The van der Waals surface area contributed by atoms with E-state index in [1.807, 2.05) is 42.6 Å². The molecule has 0 aliphatic rings. The van der Waals surface area contributed by atoms with E-state index in [1.54, 1.807) is 35.1 Å². The van der Waals surface area contributed by atoms with Crippen molar-refractivity contribution in [3.05, 3.63) is 78.1 Å². The van der Waals surface area contributed by atoms with Crippen molar-refractivity contribution in [2.24, 2.45) is 0 Å². The molecule has 0 saturated carbocycles. The Labute approximate surface area is 145 Å². The van der Waals surface area contributed by atoms with Crippen molar-refractivity contribution >= 4 is 11.7 Å². The van der Waals surface area contributed by atoms with Gasteiger partial charge in [0.25, 0.3) is 0 Å². The third-order valence-electron chi connectivity index (χ3n) is 3.65. The summed E-state index contributed by atoms with van der Waals surface area (Å²) in [5.41, 5.74) is 3.23. The lowest BCUT2D eigenvalue weighted by Gasteiger charge is -2.08. The minimum atomic E-state index is -0.289. The average Bonchev–Trinajstić information content (AvgIpc) is 3.17. The molecule has 2 aromatic carbocycles. The van der Waals surface area contributed by atoms with Crippen LogP contribution in [0, 0.1) is 11.3 Å². The molecule has 2 amide bonds. The summed E-state index contributed by atoms with van der Waals surface area (Å²) in [5.74, 6) is 0. The fraction of sp³-hybridized carbons (Fsp3) is 0.105. The lowest BCUT2D eigenvalue weighted by atomic mass is 10.1. The number of nitrogens with one attached hydrogen (secondary N) is 2. The van der Waals surface area contributed by atoms with Crippen molar-refractivity contribution in [3.8, 4) is 11.8 Å². The molecule has 0 spiro atoms. The SMILES string of the molecule is N#Cc1cccc(NC(=O)NCCc2ccc(-n3cccn3)cc2)c1. The molecule has 6 nitrogen and oxygen atoms in total. The summed E-state index contributed by atoms with van der Waals surface area (Å²) < 4.78 is 1.80. The van der Waals surface area contributed by atoms with Gasteiger partial charge in [0, 0.05) is 24.6 Å². The molecule has 0 radical (unpaired) electrons. The van der Waals surface area contributed by atoms with Crippen LogP contribution in [0.5, 0.6) is 0 Å². The summed E-state index contributed by atoms with van der Waals surface area (Å²) >= 11 is 0. The Hall–Kier alpha value is -3.59. The molecule has 3 aromatic rings. The van der Waals surface area contributed by atoms with Gasteiger partial charge in [-0.3, -0.25) is 0 Å². The number of urea groups is 1. The van der Waals surface area contributed by atoms with Crippen LogP contribution in [0.25, 0.3) is 5.69 Å². The number of rotatable bonds is 5. The number of carbonyl (C=O) groups excluding carboxylic acids is 1. The molecule has 0 saturated heterocycles. The lowest BCUT2D eigenvalue weighted by Crippen LogP contribution is -2.30. The Morgan fingerprint density at radius 3 is 2.72 bits per heavy atom. The molecular weight excluding hydrogens is 314 g/mol. The van der Waals surface area contributed by atoms with Crippen molar-refractivity contribution in [2.75, 3.05) is 11.9 Å². The zero-order valence-electron chi connectivity index (χ0n) is 13.5. The van der Waals surface area contributed by atoms with E-state index in [-0.39, 0.29) is 6.03 Å². The monoisotopic (exact) mass is 331 g/mol. The quantitative estimate of drug-likeness (QED) is 0.753. The highest BCUT2D eigenvalue weighted by atomic mass is 16.2. The van der Waals surface area contributed by atoms with Gasteiger partial charge in [-0.2, -0.15) is 10.4 Å². The van der Waals surface area contributed by atoms with Gasteiger partial charge >= 0.3 is 6.03 Å². The van der Waals surface area contributed by atoms with Crippen LogP contribution in [-0.4, -0.2) is 22.4 Å².